The van der Waals surface area contributed by atoms with Crippen molar-refractivity contribution in [3.63, 3.8) is 0 Å². The van der Waals surface area contributed by atoms with Crippen LogP contribution in [0.15, 0.2) is 70.1 Å². The summed E-state index contributed by atoms with van der Waals surface area (Å²) in [6.07, 6.45) is 2.44. The molecule has 0 saturated carbocycles. The third-order valence-electron chi connectivity index (χ3n) is 6.10. The maximum absolute atomic E-state index is 13.0. The first-order valence-corrected chi connectivity index (χ1v) is 12.9. The van der Waals surface area contributed by atoms with Crippen molar-refractivity contribution in [2.75, 3.05) is 13.1 Å². The molecule has 180 valence electrons. The molecule has 3 aromatic rings. The molecule has 0 atom stereocenters. The van der Waals surface area contributed by atoms with Gasteiger partial charge in [-0.25, -0.2) is 13.4 Å². The summed E-state index contributed by atoms with van der Waals surface area (Å²) in [5.41, 5.74) is 1.93. The largest absolute Gasteiger partial charge is 0.455 e. The zero-order chi connectivity index (χ0) is 24.3. The molecule has 0 spiro atoms. The number of aromatic nitrogens is 1. The van der Waals surface area contributed by atoms with Gasteiger partial charge in [-0.15, -0.1) is 0 Å². The average molecular weight is 483 g/mol. The van der Waals surface area contributed by atoms with Crippen molar-refractivity contribution in [2.24, 2.45) is 5.92 Å². The predicted molar refractivity (Wildman–Crippen MR) is 128 cm³/mol. The normalized spacial score (nSPS) is 15.9. The Labute approximate surface area is 200 Å². The summed E-state index contributed by atoms with van der Waals surface area (Å²) in [5.74, 6) is 0.232. The van der Waals surface area contributed by atoms with Crippen molar-refractivity contribution in [1.29, 1.82) is 0 Å². The second-order valence-corrected chi connectivity index (χ2v) is 11.5. The van der Waals surface area contributed by atoms with Crippen molar-refractivity contribution in [2.45, 2.75) is 50.5 Å². The molecule has 2 heterocycles. The Kier molecular flexibility index (Phi) is 6.91. The predicted octanol–water partition coefficient (Wildman–Crippen LogP) is 4.78. The van der Waals surface area contributed by atoms with Crippen LogP contribution in [0.4, 0.5) is 0 Å². The number of piperidine rings is 1. The van der Waals surface area contributed by atoms with E-state index in [2.05, 4.69) is 25.8 Å². The van der Waals surface area contributed by atoms with E-state index < -0.39 is 10.0 Å². The molecule has 0 N–H and O–H groups in total. The number of carbonyl (C=O) groups excluding carboxylic acids is 1. The summed E-state index contributed by atoms with van der Waals surface area (Å²) in [6.45, 7) is 6.77. The van der Waals surface area contributed by atoms with Gasteiger partial charge in [-0.1, -0.05) is 63.2 Å². The smallest absolute Gasteiger partial charge is 0.309 e. The van der Waals surface area contributed by atoms with Crippen LogP contribution in [0, 0.1) is 5.92 Å². The van der Waals surface area contributed by atoms with Crippen molar-refractivity contribution >= 4 is 16.0 Å². The minimum atomic E-state index is -3.60. The highest BCUT2D eigenvalue weighted by atomic mass is 32.2. The number of oxazole rings is 1. The average Bonchev–Trinajstić information content (AvgIpc) is 3.32. The molecule has 7 nitrogen and oxygen atoms in total. The lowest BCUT2D eigenvalue weighted by Gasteiger charge is -2.30. The molecule has 0 radical (unpaired) electrons. The molecular weight excluding hydrogens is 452 g/mol. The number of hydrogen-bond donors (Lipinski definition) is 0. The number of benzene rings is 2. The first-order chi connectivity index (χ1) is 16.1. The maximum Gasteiger partial charge on any atom is 0.309 e. The van der Waals surface area contributed by atoms with Gasteiger partial charge in [0.05, 0.1) is 17.0 Å². The quantitative estimate of drug-likeness (QED) is 0.470. The Morgan fingerprint density at radius 3 is 2.32 bits per heavy atom. The van der Waals surface area contributed by atoms with Crippen molar-refractivity contribution in [3.8, 4) is 11.3 Å². The zero-order valence-corrected chi connectivity index (χ0v) is 20.5. The third kappa shape index (κ3) is 5.39. The minimum absolute atomic E-state index is 0.0464. The first-order valence-electron chi connectivity index (χ1n) is 11.4. The van der Waals surface area contributed by atoms with Crippen LogP contribution in [0.5, 0.6) is 0 Å². The van der Waals surface area contributed by atoms with E-state index in [1.807, 2.05) is 42.5 Å². The van der Waals surface area contributed by atoms with Crippen LogP contribution >= 0.6 is 0 Å². The molecule has 0 amide bonds. The number of hydrogen-bond acceptors (Lipinski definition) is 6. The number of sulfonamides is 1. The highest BCUT2D eigenvalue weighted by Gasteiger charge is 2.33. The summed E-state index contributed by atoms with van der Waals surface area (Å²) in [4.78, 5) is 17.0. The summed E-state index contributed by atoms with van der Waals surface area (Å²) in [5, 5.41) is 0. The molecule has 1 saturated heterocycles. The zero-order valence-electron chi connectivity index (χ0n) is 19.7. The molecule has 0 aliphatic carbocycles. The fraction of sp³-hybridized carbons (Fsp3) is 0.385. The topological polar surface area (TPSA) is 89.7 Å². The molecule has 1 aliphatic rings. The van der Waals surface area contributed by atoms with Gasteiger partial charge in [0.1, 0.15) is 0 Å². The second kappa shape index (κ2) is 9.72. The van der Waals surface area contributed by atoms with Crippen molar-refractivity contribution < 1.29 is 22.4 Å². The van der Waals surface area contributed by atoms with Crippen molar-refractivity contribution in [1.82, 2.24) is 9.29 Å². The van der Waals surface area contributed by atoms with Gasteiger partial charge in [0.25, 0.3) is 0 Å². The highest BCUT2D eigenvalue weighted by Crippen LogP contribution is 2.28. The number of nitrogens with zero attached hydrogens (tertiary/aromatic N) is 2. The summed E-state index contributed by atoms with van der Waals surface area (Å²) in [7, 11) is -3.60. The SMILES string of the molecule is CC(C)(C)c1ccc(S(=O)(=O)N2CCC(C(=O)OCc3ncc(-c4ccccc4)o3)CC2)cc1. The van der Waals surface area contributed by atoms with Gasteiger partial charge in [-0.05, 0) is 36.0 Å². The van der Waals surface area contributed by atoms with E-state index in [0.29, 0.717) is 24.5 Å². The standard InChI is InChI=1S/C26H30N2O5S/c1-26(2,3)21-9-11-22(12-10-21)34(30,31)28-15-13-20(14-16-28)25(29)32-18-24-27-17-23(33-24)19-7-5-4-6-8-19/h4-12,17,20H,13-16,18H2,1-3H3. The lowest BCUT2D eigenvalue weighted by Crippen LogP contribution is -2.40. The van der Waals surface area contributed by atoms with E-state index in [9.17, 15) is 13.2 Å². The van der Waals surface area contributed by atoms with Gasteiger partial charge in [-0.2, -0.15) is 4.31 Å². The fourth-order valence-electron chi connectivity index (χ4n) is 3.97. The van der Waals surface area contributed by atoms with Crippen LogP contribution in [0.25, 0.3) is 11.3 Å². The molecule has 2 aromatic carbocycles. The molecule has 0 bridgehead atoms. The van der Waals surface area contributed by atoms with Crippen LogP contribution in [0.3, 0.4) is 0 Å². The molecule has 4 rings (SSSR count). The van der Waals surface area contributed by atoms with E-state index in [-0.39, 0.29) is 41.9 Å². The lowest BCUT2D eigenvalue weighted by atomic mass is 9.87. The van der Waals surface area contributed by atoms with E-state index in [1.165, 1.54) is 4.31 Å². The number of rotatable bonds is 6. The Bertz CT molecular complexity index is 1220. The van der Waals surface area contributed by atoms with Crippen LogP contribution in [0.1, 0.15) is 45.1 Å². The van der Waals surface area contributed by atoms with Crippen molar-refractivity contribution in [3.05, 3.63) is 72.2 Å². The molecule has 8 heteroatoms. The van der Waals surface area contributed by atoms with E-state index in [0.717, 1.165) is 11.1 Å². The molecule has 1 fully saturated rings. The number of carbonyl (C=O) groups is 1. The van der Waals surface area contributed by atoms with Gasteiger partial charge in [0.2, 0.25) is 15.9 Å². The fourth-order valence-corrected chi connectivity index (χ4v) is 5.44. The van der Waals surface area contributed by atoms with Crippen LogP contribution < -0.4 is 0 Å². The molecule has 1 aliphatic heterocycles. The number of esters is 1. The van der Waals surface area contributed by atoms with Crippen LogP contribution in [-0.4, -0.2) is 36.8 Å². The van der Waals surface area contributed by atoms with Gasteiger partial charge in [-0.3, -0.25) is 4.79 Å². The first kappa shape index (κ1) is 24.2. The number of ether oxygens (including phenoxy) is 1. The molecular formula is C26H30N2O5S. The lowest BCUT2D eigenvalue weighted by molar-refractivity contribution is -0.151. The van der Waals surface area contributed by atoms with E-state index in [4.69, 9.17) is 9.15 Å². The maximum atomic E-state index is 13.0. The van der Waals surface area contributed by atoms with Crippen LogP contribution in [-0.2, 0) is 31.6 Å². The monoisotopic (exact) mass is 482 g/mol. The van der Waals surface area contributed by atoms with Gasteiger partial charge < -0.3 is 9.15 Å². The Balaban J connectivity index is 1.30. The Morgan fingerprint density at radius 2 is 1.71 bits per heavy atom. The third-order valence-corrected chi connectivity index (χ3v) is 8.01. The van der Waals surface area contributed by atoms with Gasteiger partial charge >= 0.3 is 5.97 Å². The summed E-state index contributed by atoms with van der Waals surface area (Å²) in [6, 6.07) is 16.6. The van der Waals surface area contributed by atoms with E-state index in [1.54, 1.807) is 18.3 Å². The Morgan fingerprint density at radius 1 is 1.06 bits per heavy atom. The Hall–Kier alpha value is -2.97. The second-order valence-electron chi connectivity index (χ2n) is 9.54. The molecule has 34 heavy (non-hydrogen) atoms. The van der Waals surface area contributed by atoms with Gasteiger partial charge in [0.15, 0.2) is 12.4 Å². The minimum Gasteiger partial charge on any atom is -0.455 e. The molecule has 0 unspecified atom stereocenters. The van der Waals surface area contributed by atoms with Gasteiger partial charge in [0, 0.05) is 18.7 Å². The summed E-state index contributed by atoms with van der Waals surface area (Å²) < 4.78 is 38.6. The highest BCUT2D eigenvalue weighted by molar-refractivity contribution is 7.89. The van der Waals surface area contributed by atoms with Crippen LogP contribution in [0.2, 0.25) is 0 Å². The van der Waals surface area contributed by atoms with E-state index >= 15 is 0 Å². The molecule has 1 aromatic heterocycles. The summed E-state index contributed by atoms with van der Waals surface area (Å²) >= 11 is 0.